The van der Waals surface area contributed by atoms with Gasteiger partial charge < -0.3 is 10.5 Å². The first kappa shape index (κ1) is 10.6. The maximum atomic E-state index is 12.7. The van der Waals surface area contributed by atoms with Crippen LogP contribution >= 0.6 is 0 Å². The minimum absolute atomic E-state index is 0.204. The Morgan fingerprint density at radius 2 is 2.07 bits per heavy atom. The third-order valence-corrected chi connectivity index (χ3v) is 2.82. The van der Waals surface area contributed by atoms with Gasteiger partial charge in [0, 0.05) is 12.1 Å². The average molecular weight is 209 g/mol. The van der Waals surface area contributed by atoms with E-state index in [-0.39, 0.29) is 11.4 Å². The summed E-state index contributed by atoms with van der Waals surface area (Å²) in [5, 5.41) is 0. The van der Waals surface area contributed by atoms with Crippen LogP contribution in [-0.4, -0.2) is 18.8 Å². The van der Waals surface area contributed by atoms with E-state index in [1.165, 1.54) is 12.1 Å². The summed E-state index contributed by atoms with van der Waals surface area (Å²) < 4.78 is 18.1. The molecule has 0 aliphatic carbocycles. The van der Waals surface area contributed by atoms with E-state index in [0.29, 0.717) is 6.61 Å². The fourth-order valence-corrected chi connectivity index (χ4v) is 2.02. The number of halogens is 1. The summed E-state index contributed by atoms with van der Waals surface area (Å²) in [6, 6.07) is 6.53. The highest BCUT2D eigenvalue weighted by Gasteiger charge is 2.28. The molecular weight excluding hydrogens is 193 g/mol. The van der Waals surface area contributed by atoms with Crippen LogP contribution in [-0.2, 0) is 11.2 Å². The zero-order chi connectivity index (χ0) is 10.7. The summed E-state index contributed by atoms with van der Waals surface area (Å²) in [6.45, 7) is 1.41. The Labute approximate surface area is 89.2 Å². The van der Waals surface area contributed by atoms with Crippen LogP contribution in [0.4, 0.5) is 4.39 Å². The number of hydrogen-bond acceptors (Lipinski definition) is 2. The highest BCUT2D eigenvalue weighted by atomic mass is 19.1. The summed E-state index contributed by atoms with van der Waals surface area (Å²) >= 11 is 0. The van der Waals surface area contributed by atoms with E-state index in [4.69, 9.17) is 10.5 Å². The van der Waals surface area contributed by atoms with Crippen LogP contribution in [0.5, 0.6) is 0 Å². The molecule has 2 N–H and O–H groups in total. The smallest absolute Gasteiger partial charge is 0.123 e. The molecule has 1 heterocycles. The summed E-state index contributed by atoms with van der Waals surface area (Å²) in [5.41, 5.74) is 7.02. The molecule has 1 aromatic carbocycles. The van der Waals surface area contributed by atoms with Crippen molar-refractivity contribution in [2.75, 3.05) is 13.2 Å². The van der Waals surface area contributed by atoms with E-state index in [0.717, 1.165) is 31.4 Å². The van der Waals surface area contributed by atoms with Crippen molar-refractivity contribution in [3.63, 3.8) is 0 Å². The summed E-state index contributed by atoms with van der Waals surface area (Å²) in [5.74, 6) is -0.204. The molecule has 0 bridgehead atoms. The minimum atomic E-state index is -0.268. The monoisotopic (exact) mass is 209 g/mol. The second-order valence-corrected chi connectivity index (χ2v) is 4.32. The van der Waals surface area contributed by atoms with E-state index in [1.807, 2.05) is 0 Å². The minimum Gasteiger partial charge on any atom is -0.380 e. The van der Waals surface area contributed by atoms with Gasteiger partial charge in [-0.1, -0.05) is 12.1 Å². The van der Waals surface area contributed by atoms with Crippen molar-refractivity contribution in [1.82, 2.24) is 0 Å². The lowest BCUT2D eigenvalue weighted by Gasteiger charge is -2.33. The lowest BCUT2D eigenvalue weighted by Crippen LogP contribution is -2.49. The van der Waals surface area contributed by atoms with E-state index in [9.17, 15) is 4.39 Å². The van der Waals surface area contributed by atoms with Gasteiger partial charge >= 0.3 is 0 Å². The predicted octanol–water partition coefficient (Wildman–Crippen LogP) is 1.88. The molecule has 1 aliphatic rings. The zero-order valence-electron chi connectivity index (χ0n) is 8.71. The van der Waals surface area contributed by atoms with Gasteiger partial charge in [-0.05, 0) is 37.0 Å². The highest BCUT2D eigenvalue weighted by Crippen LogP contribution is 2.21. The van der Waals surface area contributed by atoms with Gasteiger partial charge in [0.2, 0.25) is 0 Å². The molecule has 0 aromatic heterocycles. The fraction of sp³-hybridized carbons (Fsp3) is 0.500. The second-order valence-electron chi connectivity index (χ2n) is 4.32. The Balaban J connectivity index is 2.03. The van der Waals surface area contributed by atoms with Crippen LogP contribution in [0.15, 0.2) is 24.3 Å². The quantitative estimate of drug-likeness (QED) is 0.807. The first-order valence-electron chi connectivity index (χ1n) is 5.29. The van der Waals surface area contributed by atoms with Crippen molar-refractivity contribution in [2.24, 2.45) is 5.73 Å². The second kappa shape index (κ2) is 4.29. The zero-order valence-corrected chi connectivity index (χ0v) is 8.71. The topological polar surface area (TPSA) is 35.2 Å². The molecule has 3 heteroatoms. The van der Waals surface area contributed by atoms with Crippen molar-refractivity contribution >= 4 is 0 Å². The number of nitrogens with two attached hydrogens (primary N) is 1. The summed E-state index contributed by atoms with van der Waals surface area (Å²) in [7, 11) is 0. The van der Waals surface area contributed by atoms with Gasteiger partial charge in [0.05, 0.1) is 6.61 Å². The van der Waals surface area contributed by atoms with E-state index < -0.39 is 0 Å². The van der Waals surface area contributed by atoms with Crippen molar-refractivity contribution in [3.8, 4) is 0 Å². The molecule has 0 radical (unpaired) electrons. The van der Waals surface area contributed by atoms with E-state index >= 15 is 0 Å². The Bertz CT molecular complexity index is 317. The largest absolute Gasteiger partial charge is 0.380 e. The molecule has 2 nitrogen and oxygen atoms in total. The number of hydrogen-bond donors (Lipinski definition) is 1. The van der Waals surface area contributed by atoms with Crippen LogP contribution in [0.3, 0.4) is 0 Å². The number of ether oxygens (including phenoxy) is 1. The molecule has 1 atom stereocenters. The van der Waals surface area contributed by atoms with Crippen LogP contribution < -0.4 is 5.73 Å². The van der Waals surface area contributed by atoms with Crippen LogP contribution in [0.25, 0.3) is 0 Å². The molecule has 2 rings (SSSR count). The summed E-state index contributed by atoms with van der Waals surface area (Å²) in [4.78, 5) is 0. The van der Waals surface area contributed by atoms with Crippen molar-refractivity contribution in [3.05, 3.63) is 35.6 Å². The van der Waals surface area contributed by atoms with Crippen molar-refractivity contribution < 1.29 is 9.13 Å². The molecular formula is C12H16FNO. The Hall–Kier alpha value is -0.930. The Kier molecular flexibility index (Phi) is 3.03. The number of rotatable bonds is 2. The van der Waals surface area contributed by atoms with Gasteiger partial charge in [-0.3, -0.25) is 0 Å². The molecule has 15 heavy (non-hydrogen) atoms. The molecule has 0 saturated carbocycles. The maximum Gasteiger partial charge on any atom is 0.123 e. The third-order valence-electron chi connectivity index (χ3n) is 2.82. The third kappa shape index (κ3) is 2.76. The van der Waals surface area contributed by atoms with Crippen molar-refractivity contribution in [1.29, 1.82) is 0 Å². The molecule has 1 unspecified atom stereocenters. The predicted molar refractivity (Wildman–Crippen MR) is 57.1 cm³/mol. The van der Waals surface area contributed by atoms with Gasteiger partial charge in [0.1, 0.15) is 5.82 Å². The Morgan fingerprint density at radius 1 is 1.33 bits per heavy atom. The van der Waals surface area contributed by atoms with Gasteiger partial charge in [0.15, 0.2) is 0 Å². The van der Waals surface area contributed by atoms with E-state index in [2.05, 4.69) is 0 Å². The fourth-order valence-electron chi connectivity index (χ4n) is 2.02. The lowest BCUT2D eigenvalue weighted by atomic mass is 9.87. The maximum absolute atomic E-state index is 12.7. The molecule has 0 amide bonds. The standard InChI is InChI=1S/C12H16FNO/c13-11-4-2-10(3-5-11)8-12(14)6-1-7-15-9-12/h2-5H,1,6-9,14H2. The first-order chi connectivity index (χ1) is 7.18. The lowest BCUT2D eigenvalue weighted by molar-refractivity contribution is 0.0382. The summed E-state index contributed by atoms with van der Waals surface area (Å²) in [6.07, 6.45) is 2.75. The van der Waals surface area contributed by atoms with Crippen LogP contribution in [0.1, 0.15) is 18.4 Å². The van der Waals surface area contributed by atoms with Gasteiger partial charge in [-0.2, -0.15) is 0 Å². The molecule has 82 valence electrons. The molecule has 1 fully saturated rings. The molecule has 1 aromatic rings. The highest BCUT2D eigenvalue weighted by molar-refractivity contribution is 5.19. The van der Waals surface area contributed by atoms with Gasteiger partial charge in [-0.25, -0.2) is 4.39 Å². The van der Waals surface area contributed by atoms with Crippen molar-refractivity contribution in [2.45, 2.75) is 24.8 Å². The van der Waals surface area contributed by atoms with E-state index in [1.54, 1.807) is 12.1 Å². The normalized spacial score (nSPS) is 26.5. The molecule has 1 saturated heterocycles. The van der Waals surface area contributed by atoms with Gasteiger partial charge in [0.25, 0.3) is 0 Å². The first-order valence-corrected chi connectivity index (χ1v) is 5.29. The van der Waals surface area contributed by atoms with Gasteiger partial charge in [-0.15, -0.1) is 0 Å². The molecule has 1 aliphatic heterocycles. The average Bonchev–Trinajstić information content (AvgIpc) is 2.22. The number of benzene rings is 1. The Morgan fingerprint density at radius 3 is 2.67 bits per heavy atom. The van der Waals surface area contributed by atoms with Crippen LogP contribution in [0, 0.1) is 5.82 Å². The van der Waals surface area contributed by atoms with Crippen LogP contribution in [0.2, 0.25) is 0 Å². The SMILES string of the molecule is NC1(Cc2ccc(F)cc2)CCCOC1. The molecule has 0 spiro atoms.